The fraction of sp³-hybridized carbons (Fsp3) is 0.433. The van der Waals surface area contributed by atoms with E-state index < -0.39 is 0 Å². The second-order valence-electron chi connectivity index (χ2n) is 9.75. The molecule has 2 saturated carbocycles. The van der Waals surface area contributed by atoms with E-state index >= 15 is 0 Å². The first-order chi connectivity index (χ1) is 15.6. The van der Waals surface area contributed by atoms with Crippen molar-refractivity contribution in [2.45, 2.75) is 82.7 Å². The quantitative estimate of drug-likeness (QED) is 0.320. The molecule has 0 radical (unpaired) electrons. The summed E-state index contributed by atoms with van der Waals surface area (Å²) in [5.41, 5.74) is 5.29. The van der Waals surface area contributed by atoms with Crippen LogP contribution < -0.4 is 24.8 Å². The molecule has 0 aliphatic heterocycles. The van der Waals surface area contributed by atoms with Gasteiger partial charge < -0.3 is 24.8 Å². The molecule has 0 N–H and O–H groups in total. The molecule has 0 nitrogen and oxygen atoms in total. The molecule has 180 valence electrons. The predicted molar refractivity (Wildman–Crippen MR) is 138 cm³/mol. The van der Waals surface area contributed by atoms with Gasteiger partial charge in [0.1, 0.15) is 0 Å². The third-order valence-corrected chi connectivity index (χ3v) is 16.1. The molecule has 0 amide bonds. The molecule has 0 bridgehead atoms. The fourth-order valence-corrected chi connectivity index (χ4v) is 12.4. The normalized spacial score (nSPS) is 17.1. The number of hydrogen-bond acceptors (Lipinski definition) is 0. The summed E-state index contributed by atoms with van der Waals surface area (Å²) in [7, 11) is 0. The zero-order valence-electron chi connectivity index (χ0n) is 20.5. The topological polar surface area (TPSA) is 0 Å². The van der Waals surface area contributed by atoms with Crippen LogP contribution in [0.4, 0.5) is 0 Å². The van der Waals surface area contributed by atoms with E-state index in [0.717, 1.165) is 6.42 Å². The van der Waals surface area contributed by atoms with Gasteiger partial charge in [-0.05, 0) is 13.8 Å². The Labute approximate surface area is 234 Å². The van der Waals surface area contributed by atoms with Gasteiger partial charge in [-0.2, -0.15) is 6.08 Å². The molecule has 0 unspecified atom stereocenters. The molecule has 4 heteroatoms. The number of rotatable bonds is 2. The summed E-state index contributed by atoms with van der Waals surface area (Å²) in [6, 6.07) is 15.6. The molecule has 3 aromatic rings. The van der Waals surface area contributed by atoms with Crippen LogP contribution in [0.2, 0.25) is 11.1 Å². The second-order valence-corrected chi connectivity index (χ2v) is 16.5. The molecular weight excluding hydrogens is 551 g/mol. The van der Waals surface area contributed by atoms with Crippen LogP contribution in [-0.2, 0) is 23.3 Å². The average molecular weight is 587 g/mol. The Morgan fingerprint density at radius 2 is 1.26 bits per heavy atom. The van der Waals surface area contributed by atoms with Crippen molar-refractivity contribution in [3.8, 4) is 0 Å². The van der Waals surface area contributed by atoms with Gasteiger partial charge in [-0.25, -0.2) is 12.2 Å². The first-order valence-electron chi connectivity index (χ1n) is 12.5. The van der Waals surface area contributed by atoms with Gasteiger partial charge in [-0.15, -0.1) is 46.2 Å². The van der Waals surface area contributed by atoms with Crippen LogP contribution in [0.3, 0.4) is 0 Å². The van der Waals surface area contributed by atoms with Gasteiger partial charge in [0.25, 0.3) is 0 Å². The van der Waals surface area contributed by atoms with Crippen molar-refractivity contribution < 1.29 is 48.1 Å². The van der Waals surface area contributed by atoms with Gasteiger partial charge in [0.05, 0.1) is 0 Å². The third kappa shape index (κ3) is 7.99. The van der Waals surface area contributed by atoms with Crippen LogP contribution in [0.25, 0.3) is 21.5 Å². The summed E-state index contributed by atoms with van der Waals surface area (Å²) in [6.07, 6.45) is 22.7. The fourth-order valence-electron chi connectivity index (χ4n) is 5.41. The SMILES string of the molecule is Cc1ccc2c(c1)[cH-]c1cc(C)ccc12.[C-]1=CC=CC1.[Cl-].[Cl-].[Zr+2]=[Si](C1CCCC1)C1CCCC1. The van der Waals surface area contributed by atoms with E-state index in [2.05, 4.69) is 68.5 Å². The summed E-state index contributed by atoms with van der Waals surface area (Å²) in [5, 5.41) is 5.46. The van der Waals surface area contributed by atoms with Crippen molar-refractivity contribution in [3.05, 3.63) is 77.9 Å². The monoisotopic (exact) mass is 584 g/mol. The Kier molecular flexibility index (Phi) is 13.0. The zero-order valence-corrected chi connectivity index (χ0v) is 25.5. The molecular formula is C30H36Cl2SiZr-2. The van der Waals surface area contributed by atoms with Crippen LogP contribution in [-0.4, -0.2) is 5.43 Å². The molecule has 3 aliphatic carbocycles. The first kappa shape index (κ1) is 29.7. The van der Waals surface area contributed by atoms with E-state index in [4.69, 9.17) is 0 Å². The number of fused-ring (bicyclic) bond motifs is 3. The Morgan fingerprint density at radius 1 is 0.794 bits per heavy atom. The van der Waals surface area contributed by atoms with Crippen LogP contribution in [0.1, 0.15) is 68.9 Å². The number of halogens is 2. The van der Waals surface area contributed by atoms with Crippen LogP contribution in [0, 0.1) is 19.9 Å². The van der Waals surface area contributed by atoms with Crippen LogP contribution in [0.15, 0.2) is 60.7 Å². The molecule has 0 atom stereocenters. The summed E-state index contributed by atoms with van der Waals surface area (Å²) in [6.45, 7) is 4.28. The van der Waals surface area contributed by atoms with E-state index in [9.17, 15) is 0 Å². The number of benzene rings is 2. The maximum absolute atomic E-state index is 2.99. The van der Waals surface area contributed by atoms with E-state index in [0.29, 0.717) is 0 Å². The molecule has 0 saturated heterocycles. The first-order valence-corrected chi connectivity index (χ1v) is 17.8. The summed E-state index contributed by atoms with van der Waals surface area (Å²) in [4.78, 5) is 0. The van der Waals surface area contributed by atoms with Gasteiger partial charge in [-0.3, -0.25) is 6.08 Å². The third-order valence-electron chi connectivity index (χ3n) is 7.19. The van der Waals surface area contributed by atoms with Crippen molar-refractivity contribution in [3.63, 3.8) is 0 Å². The second kappa shape index (κ2) is 14.9. The van der Waals surface area contributed by atoms with Gasteiger partial charge in [0.2, 0.25) is 0 Å². The molecule has 2 fully saturated rings. The Bertz CT molecular complexity index is 1030. The summed E-state index contributed by atoms with van der Waals surface area (Å²) < 4.78 is 0. The van der Waals surface area contributed by atoms with E-state index in [1.165, 1.54) is 43.8 Å². The maximum atomic E-state index is 2.99. The van der Waals surface area contributed by atoms with Crippen LogP contribution >= 0.6 is 0 Å². The van der Waals surface area contributed by atoms with Crippen LogP contribution in [0.5, 0.6) is 0 Å². The Morgan fingerprint density at radius 3 is 1.62 bits per heavy atom. The molecule has 0 aromatic heterocycles. The number of hydrogen-bond donors (Lipinski definition) is 0. The van der Waals surface area contributed by atoms with Crippen molar-refractivity contribution >= 4 is 27.0 Å². The van der Waals surface area contributed by atoms with Crippen molar-refractivity contribution in [1.29, 1.82) is 0 Å². The Hall–Kier alpha value is -0.530. The Balaban J connectivity index is 0.000000193. The van der Waals surface area contributed by atoms with Crippen molar-refractivity contribution in [2.75, 3.05) is 0 Å². The number of allylic oxidation sites excluding steroid dienone is 4. The average Bonchev–Trinajstić information content (AvgIpc) is 3.61. The van der Waals surface area contributed by atoms with Crippen molar-refractivity contribution in [1.82, 2.24) is 0 Å². The predicted octanol–water partition coefficient (Wildman–Crippen LogP) is 3.06. The summed E-state index contributed by atoms with van der Waals surface area (Å²) >= 11 is 1.94. The minimum atomic E-state index is 0. The van der Waals surface area contributed by atoms with Crippen molar-refractivity contribution in [2.24, 2.45) is 0 Å². The molecule has 3 aromatic carbocycles. The molecule has 6 rings (SSSR count). The van der Waals surface area contributed by atoms with Gasteiger partial charge in [0, 0.05) is 0 Å². The molecule has 0 spiro atoms. The van der Waals surface area contributed by atoms with E-state index in [1.807, 2.05) is 35.5 Å². The summed E-state index contributed by atoms with van der Waals surface area (Å²) in [5.74, 6) is 0. The van der Waals surface area contributed by atoms with E-state index in [1.54, 1.807) is 51.4 Å². The van der Waals surface area contributed by atoms with Gasteiger partial charge in [0.15, 0.2) is 0 Å². The molecule has 0 heterocycles. The molecule has 34 heavy (non-hydrogen) atoms. The minimum absolute atomic E-state index is 0. The standard InChI is InChI=1S/C15H13.C10H18Si.C5H5.2ClH.Zr/c1-10-3-5-14-12(7-10)9-13-8-11(2)4-6-15(13)14;1-2-6-9(5-1)11-10-7-3-4-8-10;1-2-4-5-3-1;;;/h3-9H,1-2H3;9-10H,1-8H2;1-3H,4H2;2*1H;/q-1;;-1;;;+2/p-2. The molecule has 3 aliphatic rings. The van der Waals surface area contributed by atoms with Gasteiger partial charge >= 0.3 is 91.2 Å². The van der Waals surface area contributed by atoms with E-state index in [-0.39, 0.29) is 30.2 Å². The van der Waals surface area contributed by atoms with Gasteiger partial charge in [-0.1, -0.05) is 35.4 Å². The number of aryl methyl sites for hydroxylation is 2. The zero-order chi connectivity index (χ0) is 22.3.